The molecule has 0 fully saturated rings. The molecule has 0 atom stereocenters. The molecule has 4 aromatic rings. The largest absolute Gasteiger partial charge is 0.486 e. The standard InChI is InChI=1S/C23H20N4O4/c1-15-2-4-16(5-3-15)14-27-22(8-9-24-27)25-23(28)18-13-20(31-26-18)17-6-7-19-21(12-17)30-11-10-29-19/h2-9,12-13H,10-11,14H2,1H3,(H,25,28). The van der Waals surface area contributed by atoms with E-state index >= 15 is 0 Å². The molecular formula is C23H20N4O4. The summed E-state index contributed by atoms with van der Waals surface area (Å²) in [6.45, 7) is 3.61. The molecule has 5 rings (SSSR count). The van der Waals surface area contributed by atoms with Crippen molar-refractivity contribution >= 4 is 11.7 Å². The number of hydrogen-bond donors (Lipinski definition) is 1. The van der Waals surface area contributed by atoms with E-state index in [0.29, 0.717) is 42.8 Å². The summed E-state index contributed by atoms with van der Waals surface area (Å²) in [7, 11) is 0. The molecule has 3 heterocycles. The highest BCUT2D eigenvalue weighted by Crippen LogP contribution is 2.34. The zero-order chi connectivity index (χ0) is 21.2. The molecule has 0 bridgehead atoms. The summed E-state index contributed by atoms with van der Waals surface area (Å²) in [5.41, 5.74) is 3.21. The lowest BCUT2D eigenvalue weighted by Crippen LogP contribution is -2.16. The average Bonchev–Trinajstić information content (AvgIpc) is 3.45. The van der Waals surface area contributed by atoms with Crippen LogP contribution < -0.4 is 14.8 Å². The zero-order valence-electron chi connectivity index (χ0n) is 16.9. The molecule has 156 valence electrons. The Kier molecular flexibility index (Phi) is 4.87. The Morgan fingerprint density at radius 1 is 1.03 bits per heavy atom. The number of aryl methyl sites for hydroxylation is 1. The molecule has 0 spiro atoms. The van der Waals surface area contributed by atoms with Gasteiger partial charge >= 0.3 is 0 Å². The molecule has 1 aliphatic heterocycles. The van der Waals surface area contributed by atoms with E-state index in [0.717, 1.165) is 11.1 Å². The number of carbonyl (C=O) groups excluding carboxylic acids is 1. The van der Waals surface area contributed by atoms with E-state index in [-0.39, 0.29) is 11.6 Å². The van der Waals surface area contributed by atoms with Gasteiger partial charge in [-0.15, -0.1) is 0 Å². The molecule has 2 aromatic heterocycles. The predicted octanol–water partition coefficient (Wildman–Crippen LogP) is 3.92. The van der Waals surface area contributed by atoms with E-state index in [4.69, 9.17) is 14.0 Å². The monoisotopic (exact) mass is 416 g/mol. The van der Waals surface area contributed by atoms with Crippen LogP contribution in [-0.2, 0) is 6.54 Å². The third-order valence-corrected chi connectivity index (χ3v) is 4.98. The van der Waals surface area contributed by atoms with Gasteiger partial charge < -0.3 is 19.3 Å². The number of nitrogens with zero attached hydrogens (tertiary/aromatic N) is 3. The van der Waals surface area contributed by atoms with Crippen molar-refractivity contribution in [2.45, 2.75) is 13.5 Å². The van der Waals surface area contributed by atoms with E-state index in [1.54, 1.807) is 23.0 Å². The summed E-state index contributed by atoms with van der Waals surface area (Å²) in [5, 5.41) is 11.1. The molecule has 2 aromatic carbocycles. The predicted molar refractivity (Wildman–Crippen MR) is 113 cm³/mol. The summed E-state index contributed by atoms with van der Waals surface area (Å²) in [6.07, 6.45) is 1.65. The number of anilines is 1. The van der Waals surface area contributed by atoms with Gasteiger partial charge in [-0.25, -0.2) is 4.68 Å². The van der Waals surface area contributed by atoms with Gasteiger partial charge in [0.15, 0.2) is 23.0 Å². The van der Waals surface area contributed by atoms with E-state index in [2.05, 4.69) is 15.6 Å². The summed E-state index contributed by atoms with van der Waals surface area (Å²) in [6, 6.07) is 17.0. The van der Waals surface area contributed by atoms with Crippen LogP contribution in [0.5, 0.6) is 11.5 Å². The van der Waals surface area contributed by atoms with E-state index in [1.165, 1.54) is 5.56 Å². The number of carbonyl (C=O) groups is 1. The highest BCUT2D eigenvalue weighted by Gasteiger charge is 2.18. The molecule has 31 heavy (non-hydrogen) atoms. The zero-order valence-corrected chi connectivity index (χ0v) is 16.9. The van der Waals surface area contributed by atoms with Crippen LogP contribution in [0.15, 0.2) is 65.3 Å². The SMILES string of the molecule is Cc1ccc(Cn2nccc2NC(=O)c2cc(-c3ccc4c(c3)OCCO4)on2)cc1. The molecule has 0 saturated carbocycles. The van der Waals surface area contributed by atoms with Crippen LogP contribution in [0.3, 0.4) is 0 Å². The number of amides is 1. The van der Waals surface area contributed by atoms with E-state index < -0.39 is 0 Å². The molecule has 1 amide bonds. The molecule has 0 unspecified atom stereocenters. The van der Waals surface area contributed by atoms with Gasteiger partial charge in [0.25, 0.3) is 5.91 Å². The van der Waals surface area contributed by atoms with Gasteiger partial charge in [-0.1, -0.05) is 35.0 Å². The van der Waals surface area contributed by atoms with E-state index in [1.807, 2.05) is 49.4 Å². The van der Waals surface area contributed by atoms with Crippen LogP contribution in [0.25, 0.3) is 11.3 Å². The highest BCUT2D eigenvalue weighted by atomic mass is 16.6. The van der Waals surface area contributed by atoms with Crippen LogP contribution in [0.4, 0.5) is 5.82 Å². The molecule has 0 saturated heterocycles. The second-order valence-corrected chi connectivity index (χ2v) is 7.25. The molecule has 0 aliphatic carbocycles. The van der Waals surface area contributed by atoms with Crippen molar-refractivity contribution in [3.8, 4) is 22.8 Å². The number of aromatic nitrogens is 3. The first-order valence-corrected chi connectivity index (χ1v) is 9.91. The fourth-order valence-corrected chi connectivity index (χ4v) is 3.33. The minimum Gasteiger partial charge on any atom is -0.486 e. The molecule has 8 heteroatoms. The van der Waals surface area contributed by atoms with Gasteiger partial charge in [0, 0.05) is 17.7 Å². The summed E-state index contributed by atoms with van der Waals surface area (Å²) in [4.78, 5) is 12.7. The minimum atomic E-state index is -0.377. The van der Waals surface area contributed by atoms with Crippen molar-refractivity contribution < 1.29 is 18.8 Å². The van der Waals surface area contributed by atoms with Crippen LogP contribution in [0.1, 0.15) is 21.6 Å². The van der Waals surface area contributed by atoms with Crippen LogP contribution in [-0.4, -0.2) is 34.1 Å². The quantitative estimate of drug-likeness (QED) is 0.530. The second-order valence-electron chi connectivity index (χ2n) is 7.25. The Labute approximate surface area is 178 Å². The number of rotatable bonds is 5. The Bertz CT molecular complexity index is 1230. The first-order chi connectivity index (χ1) is 15.2. The summed E-state index contributed by atoms with van der Waals surface area (Å²) in [5.74, 6) is 2.00. The summed E-state index contributed by atoms with van der Waals surface area (Å²) >= 11 is 0. The van der Waals surface area contributed by atoms with Crippen molar-refractivity contribution in [2.75, 3.05) is 18.5 Å². The molecule has 0 radical (unpaired) electrons. The smallest absolute Gasteiger partial charge is 0.279 e. The fraction of sp³-hybridized carbons (Fsp3) is 0.174. The topological polar surface area (TPSA) is 91.4 Å². The van der Waals surface area contributed by atoms with Crippen LogP contribution in [0, 0.1) is 6.92 Å². The Morgan fingerprint density at radius 2 is 1.84 bits per heavy atom. The first kappa shape index (κ1) is 18.9. The lowest BCUT2D eigenvalue weighted by atomic mass is 10.1. The number of nitrogens with one attached hydrogen (secondary N) is 1. The maximum absolute atomic E-state index is 12.7. The minimum absolute atomic E-state index is 0.174. The number of fused-ring (bicyclic) bond motifs is 1. The van der Waals surface area contributed by atoms with Gasteiger partial charge in [-0.3, -0.25) is 4.79 Å². The van der Waals surface area contributed by atoms with Crippen molar-refractivity contribution in [1.29, 1.82) is 0 Å². The average molecular weight is 416 g/mol. The van der Waals surface area contributed by atoms with Gasteiger partial charge in [0.2, 0.25) is 0 Å². The molecule has 1 aliphatic rings. The second kappa shape index (κ2) is 7.98. The Morgan fingerprint density at radius 3 is 2.68 bits per heavy atom. The van der Waals surface area contributed by atoms with Gasteiger partial charge in [-0.2, -0.15) is 5.10 Å². The normalized spacial score (nSPS) is 12.5. The van der Waals surface area contributed by atoms with Crippen molar-refractivity contribution in [2.24, 2.45) is 0 Å². The lowest BCUT2D eigenvalue weighted by Gasteiger charge is -2.18. The molecule has 8 nitrogen and oxygen atoms in total. The molecule has 1 N–H and O–H groups in total. The maximum Gasteiger partial charge on any atom is 0.279 e. The van der Waals surface area contributed by atoms with Gasteiger partial charge in [-0.05, 0) is 30.7 Å². The van der Waals surface area contributed by atoms with Crippen molar-refractivity contribution in [3.63, 3.8) is 0 Å². The van der Waals surface area contributed by atoms with E-state index in [9.17, 15) is 4.79 Å². The van der Waals surface area contributed by atoms with Gasteiger partial charge in [0.05, 0.1) is 12.7 Å². The number of benzene rings is 2. The lowest BCUT2D eigenvalue weighted by molar-refractivity contribution is 0.101. The number of ether oxygens (including phenoxy) is 2. The molecular weight excluding hydrogens is 396 g/mol. The van der Waals surface area contributed by atoms with Crippen LogP contribution in [0.2, 0.25) is 0 Å². The van der Waals surface area contributed by atoms with Gasteiger partial charge in [0.1, 0.15) is 19.0 Å². The summed E-state index contributed by atoms with van der Waals surface area (Å²) < 4.78 is 18.3. The maximum atomic E-state index is 12.7. The number of hydrogen-bond acceptors (Lipinski definition) is 6. The Hall–Kier alpha value is -4.07. The highest BCUT2D eigenvalue weighted by molar-refractivity contribution is 6.02. The van der Waals surface area contributed by atoms with Crippen molar-refractivity contribution in [3.05, 3.63) is 77.6 Å². The Balaban J connectivity index is 1.31. The first-order valence-electron chi connectivity index (χ1n) is 9.91. The van der Waals surface area contributed by atoms with Crippen molar-refractivity contribution in [1.82, 2.24) is 14.9 Å². The third kappa shape index (κ3) is 4.00. The third-order valence-electron chi connectivity index (χ3n) is 4.98. The fourth-order valence-electron chi connectivity index (χ4n) is 3.33. The van der Waals surface area contributed by atoms with Crippen LogP contribution >= 0.6 is 0 Å².